The zero-order chi connectivity index (χ0) is 13.2. The van der Waals surface area contributed by atoms with Crippen LogP contribution in [0.5, 0.6) is 0 Å². The fourth-order valence-electron chi connectivity index (χ4n) is 1.72. The van der Waals surface area contributed by atoms with E-state index in [2.05, 4.69) is 36.1 Å². The van der Waals surface area contributed by atoms with Crippen LogP contribution in [0.15, 0.2) is 36.5 Å². The molecule has 0 aliphatic heterocycles. The Labute approximate surface area is 109 Å². The van der Waals surface area contributed by atoms with Crippen LogP contribution >= 0.6 is 0 Å². The molecule has 1 aromatic carbocycles. The van der Waals surface area contributed by atoms with E-state index in [9.17, 15) is 5.11 Å². The molecule has 0 amide bonds. The topological polar surface area (TPSA) is 33.1 Å². The van der Waals surface area contributed by atoms with Crippen LogP contribution in [0.2, 0.25) is 19.6 Å². The summed E-state index contributed by atoms with van der Waals surface area (Å²) in [6, 6.07) is 9.64. The maximum Gasteiger partial charge on any atom is 0.140 e. The van der Waals surface area contributed by atoms with Gasteiger partial charge in [-0.3, -0.25) is 4.98 Å². The molecule has 1 unspecified atom stereocenters. The van der Waals surface area contributed by atoms with Crippen molar-refractivity contribution in [3.8, 4) is 11.5 Å². The highest BCUT2D eigenvalue weighted by atomic mass is 28.3. The number of aliphatic hydroxyl groups excluding tert-OH is 1. The van der Waals surface area contributed by atoms with Crippen LogP contribution in [0.3, 0.4) is 0 Å². The van der Waals surface area contributed by atoms with Crippen molar-refractivity contribution in [2.75, 3.05) is 0 Å². The van der Waals surface area contributed by atoms with E-state index in [0.29, 0.717) is 0 Å². The lowest BCUT2D eigenvalue weighted by molar-refractivity contribution is 0.240. The Hall–Kier alpha value is -1.63. The minimum atomic E-state index is -1.46. The number of aliphatic hydroxyl groups is 1. The van der Waals surface area contributed by atoms with Gasteiger partial charge in [0.1, 0.15) is 14.2 Å². The second kappa shape index (κ2) is 4.93. The second-order valence-corrected chi connectivity index (χ2v) is 10.1. The summed E-state index contributed by atoms with van der Waals surface area (Å²) < 4.78 is 0. The number of para-hydroxylation sites is 1. The highest BCUT2D eigenvalue weighted by Gasteiger charge is 2.11. The van der Waals surface area contributed by atoms with Crippen LogP contribution < -0.4 is 0 Å². The molecular formula is C15H17NOSi. The van der Waals surface area contributed by atoms with Crippen LogP contribution in [0, 0.1) is 11.5 Å². The van der Waals surface area contributed by atoms with Crippen molar-refractivity contribution in [2.24, 2.45) is 0 Å². The first-order valence-corrected chi connectivity index (χ1v) is 9.52. The number of nitrogens with zero attached hydrogens (tertiary/aromatic N) is 1. The molecule has 18 heavy (non-hydrogen) atoms. The summed E-state index contributed by atoms with van der Waals surface area (Å²) in [6.45, 7) is 6.49. The summed E-state index contributed by atoms with van der Waals surface area (Å²) in [4.78, 5) is 4.28. The smallest absolute Gasteiger partial charge is 0.140 e. The molecule has 0 saturated carbocycles. The Morgan fingerprint density at radius 3 is 2.61 bits per heavy atom. The minimum Gasteiger partial charge on any atom is -0.376 e. The number of aromatic nitrogens is 1. The summed E-state index contributed by atoms with van der Waals surface area (Å²) in [7, 11) is -1.46. The van der Waals surface area contributed by atoms with Crippen molar-refractivity contribution in [2.45, 2.75) is 25.7 Å². The number of hydrogen-bond acceptors (Lipinski definition) is 2. The fourth-order valence-corrected chi connectivity index (χ4v) is 2.29. The van der Waals surface area contributed by atoms with Gasteiger partial charge in [0.2, 0.25) is 0 Å². The van der Waals surface area contributed by atoms with Gasteiger partial charge in [0.15, 0.2) is 0 Å². The van der Waals surface area contributed by atoms with E-state index >= 15 is 0 Å². The predicted molar refractivity (Wildman–Crippen MR) is 77.8 cm³/mol. The maximum absolute atomic E-state index is 10.2. The van der Waals surface area contributed by atoms with E-state index in [-0.39, 0.29) is 0 Å². The number of hydrogen-bond donors (Lipinski definition) is 1. The van der Waals surface area contributed by atoms with Gasteiger partial charge in [0.25, 0.3) is 0 Å². The lowest BCUT2D eigenvalue weighted by Crippen LogP contribution is -2.16. The van der Waals surface area contributed by atoms with Crippen molar-refractivity contribution in [3.63, 3.8) is 0 Å². The molecule has 92 valence electrons. The molecule has 2 aromatic rings. The molecule has 1 atom stereocenters. The van der Waals surface area contributed by atoms with Gasteiger partial charge in [-0.15, -0.1) is 5.54 Å². The van der Waals surface area contributed by atoms with Crippen LogP contribution in [-0.4, -0.2) is 18.2 Å². The Morgan fingerprint density at radius 2 is 1.89 bits per heavy atom. The second-order valence-electron chi connectivity index (χ2n) is 5.34. The van der Waals surface area contributed by atoms with Crippen molar-refractivity contribution in [1.82, 2.24) is 4.98 Å². The maximum atomic E-state index is 10.2. The van der Waals surface area contributed by atoms with Gasteiger partial charge in [-0.05, 0) is 12.1 Å². The van der Waals surface area contributed by atoms with E-state index in [0.717, 1.165) is 16.5 Å². The van der Waals surface area contributed by atoms with Crippen LogP contribution in [0.4, 0.5) is 0 Å². The zero-order valence-corrected chi connectivity index (χ0v) is 11.9. The van der Waals surface area contributed by atoms with E-state index in [1.807, 2.05) is 30.3 Å². The Morgan fingerprint density at radius 1 is 1.17 bits per heavy atom. The molecule has 2 nitrogen and oxygen atoms in total. The molecule has 0 aliphatic carbocycles. The van der Waals surface area contributed by atoms with Gasteiger partial charge in [-0.1, -0.05) is 43.8 Å². The average molecular weight is 255 g/mol. The van der Waals surface area contributed by atoms with Crippen molar-refractivity contribution in [3.05, 3.63) is 42.1 Å². The first kappa shape index (κ1) is 12.8. The van der Waals surface area contributed by atoms with Gasteiger partial charge >= 0.3 is 0 Å². The third-order valence-electron chi connectivity index (χ3n) is 2.56. The molecule has 1 N–H and O–H groups in total. The lowest BCUT2D eigenvalue weighted by Gasteiger charge is -2.09. The number of rotatable bonds is 1. The average Bonchev–Trinajstić information content (AvgIpc) is 2.34. The van der Waals surface area contributed by atoms with Crippen LogP contribution in [-0.2, 0) is 0 Å². The number of pyridine rings is 1. The summed E-state index contributed by atoms with van der Waals surface area (Å²) in [5, 5.41) is 11.2. The molecule has 1 aromatic heterocycles. The normalized spacial score (nSPS) is 12.9. The number of benzene rings is 1. The fraction of sp³-hybridized carbons (Fsp3) is 0.267. The SMILES string of the molecule is C[Si](C)(C)C#CC(O)c1ccnc2ccccc12. The highest BCUT2D eigenvalue weighted by Crippen LogP contribution is 2.22. The monoisotopic (exact) mass is 255 g/mol. The Balaban J connectivity index is 2.44. The summed E-state index contributed by atoms with van der Waals surface area (Å²) in [6.07, 6.45) is 0.988. The molecular weight excluding hydrogens is 238 g/mol. The minimum absolute atomic E-state index is 0.732. The molecule has 0 saturated heterocycles. The summed E-state index contributed by atoms with van der Waals surface area (Å²) in [5.41, 5.74) is 4.93. The molecule has 0 fully saturated rings. The zero-order valence-electron chi connectivity index (χ0n) is 10.9. The quantitative estimate of drug-likeness (QED) is 0.627. The third-order valence-corrected chi connectivity index (χ3v) is 3.46. The van der Waals surface area contributed by atoms with Crippen LogP contribution in [0.1, 0.15) is 11.7 Å². The van der Waals surface area contributed by atoms with Crippen LogP contribution in [0.25, 0.3) is 10.9 Å². The third kappa shape index (κ3) is 2.98. The molecule has 0 radical (unpaired) electrons. The van der Waals surface area contributed by atoms with Crippen molar-refractivity contribution < 1.29 is 5.11 Å². The number of fused-ring (bicyclic) bond motifs is 1. The summed E-state index contributed by atoms with van der Waals surface area (Å²) >= 11 is 0. The van der Waals surface area contributed by atoms with Gasteiger partial charge in [0.05, 0.1) is 5.52 Å². The van der Waals surface area contributed by atoms with Crippen molar-refractivity contribution in [1.29, 1.82) is 0 Å². The van der Waals surface area contributed by atoms with Gasteiger partial charge in [0, 0.05) is 17.1 Å². The molecule has 3 heteroatoms. The standard InChI is InChI=1S/C15H17NOSi/c1-18(2,3)11-9-15(17)13-8-10-16-14-7-5-4-6-12(13)14/h4-8,10,15,17H,1-3H3. The van der Waals surface area contributed by atoms with E-state index in [1.54, 1.807) is 6.20 Å². The molecule has 0 spiro atoms. The molecule has 1 heterocycles. The largest absolute Gasteiger partial charge is 0.376 e. The van der Waals surface area contributed by atoms with E-state index in [4.69, 9.17) is 0 Å². The van der Waals surface area contributed by atoms with Gasteiger partial charge < -0.3 is 5.11 Å². The lowest BCUT2D eigenvalue weighted by atomic mass is 10.1. The Bertz CT molecular complexity index is 614. The Kier molecular flexibility index (Phi) is 3.51. The molecule has 0 bridgehead atoms. The predicted octanol–water partition coefficient (Wildman–Crippen LogP) is 3.15. The van der Waals surface area contributed by atoms with E-state index < -0.39 is 14.2 Å². The molecule has 2 rings (SSSR count). The van der Waals surface area contributed by atoms with Gasteiger partial charge in [-0.2, -0.15) is 0 Å². The summed E-state index contributed by atoms with van der Waals surface area (Å²) in [5.74, 6) is 2.97. The highest BCUT2D eigenvalue weighted by molar-refractivity contribution is 6.83. The van der Waals surface area contributed by atoms with E-state index in [1.165, 1.54) is 0 Å². The molecule has 0 aliphatic rings. The van der Waals surface area contributed by atoms with Gasteiger partial charge in [-0.25, -0.2) is 0 Å². The first-order chi connectivity index (χ1) is 8.47. The first-order valence-electron chi connectivity index (χ1n) is 6.02. The van der Waals surface area contributed by atoms with Crippen molar-refractivity contribution >= 4 is 19.0 Å².